The van der Waals surface area contributed by atoms with Crippen molar-refractivity contribution < 1.29 is 23.5 Å². The third-order valence-corrected chi connectivity index (χ3v) is 5.28. The number of carbonyl (C=O) groups is 1. The van der Waals surface area contributed by atoms with E-state index in [0.29, 0.717) is 40.6 Å². The highest BCUT2D eigenvalue weighted by Gasteiger charge is 2.23. The summed E-state index contributed by atoms with van der Waals surface area (Å²) in [7, 11) is 1.58. The van der Waals surface area contributed by atoms with Crippen LogP contribution < -0.4 is 9.47 Å². The smallest absolute Gasteiger partial charge is 0.306 e. The summed E-state index contributed by atoms with van der Waals surface area (Å²) < 4.78 is 22.0. The fourth-order valence-corrected chi connectivity index (χ4v) is 3.73. The van der Waals surface area contributed by atoms with Gasteiger partial charge >= 0.3 is 5.97 Å². The van der Waals surface area contributed by atoms with Gasteiger partial charge in [-0.05, 0) is 62.9 Å². The summed E-state index contributed by atoms with van der Waals surface area (Å²) in [6.45, 7) is 7.95. The minimum absolute atomic E-state index is 0.0523. The average molecular weight is 464 g/mol. The Morgan fingerprint density at radius 2 is 2.00 bits per heavy atom. The van der Waals surface area contributed by atoms with Crippen LogP contribution in [0.1, 0.15) is 57.6 Å². The molecule has 1 unspecified atom stereocenters. The van der Waals surface area contributed by atoms with Gasteiger partial charge in [-0.3, -0.25) is 4.79 Å². The normalized spacial score (nSPS) is 11.7. The molecule has 0 aliphatic rings. The minimum atomic E-state index is -0.248. The molecule has 1 aromatic heterocycles. The van der Waals surface area contributed by atoms with Crippen LogP contribution in [0.2, 0.25) is 0 Å². The Balaban J connectivity index is 1.96. The van der Waals surface area contributed by atoms with E-state index >= 15 is 0 Å². The van der Waals surface area contributed by atoms with Crippen molar-refractivity contribution >= 4 is 5.97 Å². The van der Waals surface area contributed by atoms with Crippen LogP contribution >= 0.6 is 0 Å². The summed E-state index contributed by atoms with van der Waals surface area (Å²) in [5.74, 6) is 1.38. The molecule has 3 rings (SSSR count). The summed E-state index contributed by atoms with van der Waals surface area (Å²) in [6.07, 6.45) is 0.935. The lowest BCUT2D eigenvalue weighted by Gasteiger charge is -2.19. The number of para-hydroxylation sites is 1. The maximum absolute atomic E-state index is 12.1. The molecule has 8 nitrogen and oxygen atoms in total. The number of aromatic nitrogens is 2. The van der Waals surface area contributed by atoms with Crippen molar-refractivity contribution in [3.05, 3.63) is 47.5 Å². The van der Waals surface area contributed by atoms with E-state index in [1.165, 1.54) is 0 Å². The van der Waals surface area contributed by atoms with Crippen molar-refractivity contribution in [1.29, 1.82) is 5.26 Å². The van der Waals surface area contributed by atoms with E-state index in [0.717, 1.165) is 12.0 Å². The third kappa shape index (κ3) is 5.54. The molecule has 8 heteroatoms. The fraction of sp³-hybridized carbons (Fsp3) is 0.385. The highest BCUT2D eigenvalue weighted by Crippen LogP contribution is 2.39. The summed E-state index contributed by atoms with van der Waals surface area (Å²) in [5.41, 5.74) is 2.52. The molecule has 0 bridgehead atoms. The van der Waals surface area contributed by atoms with Crippen LogP contribution in [-0.4, -0.2) is 35.9 Å². The maximum Gasteiger partial charge on any atom is 0.306 e. The quantitative estimate of drug-likeness (QED) is 0.362. The number of nitrogens with zero attached hydrogens (tertiary/aromatic N) is 3. The van der Waals surface area contributed by atoms with E-state index in [9.17, 15) is 10.1 Å². The topological polar surface area (TPSA) is 107 Å². The van der Waals surface area contributed by atoms with Crippen molar-refractivity contribution in [3.8, 4) is 40.4 Å². The number of esters is 1. The van der Waals surface area contributed by atoms with Crippen LogP contribution in [0.25, 0.3) is 22.8 Å². The van der Waals surface area contributed by atoms with E-state index in [4.69, 9.17) is 18.7 Å². The highest BCUT2D eigenvalue weighted by molar-refractivity contribution is 5.73. The van der Waals surface area contributed by atoms with Crippen LogP contribution in [0.4, 0.5) is 0 Å². The number of nitriles is 1. The lowest BCUT2D eigenvalue weighted by atomic mass is 9.90. The van der Waals surface area contributed by atoms with Crippen LogP contribution in [0.3, 0.4) is 0 Å². The van der Waals surface area contributed by atoms with Crippen molar-refractivity contribution in [2.75, 3.05) is 13.7 Å². The van der Waals surface area contributed by atoms with Gasteiger partial charge in [0.05, 0.1) is 37.4 Å². The highest BCUT2D eigenvalue weighted by atomic mass is 16.5. The number of hydrogen-bond acceptors (Lipinski definition) is 8. The van der Waals surface area contributed by atoms with E-state index in [2.05, 4.69) is 16.2 Å². The lowest BCUT2D eigenvalue weighted by Crippen LogP contribution is -2.11. The molecule has 1 heterocycles. The number of ether oxygens (including phenoxy) is 3. The van der Waals surface area contributed by atoms with Crippen molar-refractivity contribution in [3.63, 3.8) is 0 Å². The van der Waals surface area contributed by atoms with Gasteiger partial charge in [-0.1, -0.05) is 24.2 Å². The molecule has 3 aromatic rings. The van der Waals surface area contributed by atoms with Crippen LogP contribution in [0.15, 0.2) is 40.9 Å². The van der Waals surface area contributed by atoms with Crippen molar-refractivity contribution in [1.82, 2.24) is 10.1 Å². The Morgan fingerprint density at radius 3 is 2.65 bits per heavy atom. The number of hydrogen-bond donors (Lipinski definition) is 0. The molecule has 0 N–H and O–H groups in total. The van der Waals surface area contributed by atoms with Crippen LogP contribution in [0.5, 0.6) is 11.5 Å². The molecule has 0 aliphatic carbocycles. The maximum atomic E-state index is 12.1. The van der Waals surface area contributed by atoms with Gasteiger partial charge in [0.1, 0.15) is 17.6 Å². The summed E-state index contributed by atoms with van der Waals surface area (Å²) in [5, 5.41) is 13.7. The Hall–Kier alpha value is -3.86. The molecule has 0 amide bonds. The predicted octanol–water partition coefficient (Wildman–Crippen LogP) is 5.52. The number of methoxy groups -OCH3 is 1. The molecule has 0 fully saturated rings. The molecule has 0 saturated heterocycles. The van der Waals surface area contributed by atoms with E-state index in [1.54, 1.807) is 32.2 Å². The Labute approximate surface area is 199 Å². The molecule has 0 aliphatic heterocycles. The third-order valence-electron chi connectivity index (χ3n) is 5.28. The van der Waals surface area contributed by atoms with E-state index in [-0.39, 0.29) is 30.3 Å². The number of benzene rings is 2. The first kappa shape index (κ1) is 24.8. The van der Waals surface area contributed by atoms with Gasteiger partial charge in [0, 0.05) is 5.56 Å². The molecule has 0 saturated carbocycles. The van der Waals surface area contributed by atoms with Crippen LogP contribution in [-0.2, 0) is 9.53 Å². The zero-order valence-electron chi connectivity index (χ0n) is 20.1. The first-order valence-electron chi connectivity index (χ1n) is 11.3. The van der Waals surface area contributed by atoms with E-state index < -0.39 is 0 Å². The van der Waals surface area contributed by atoms with Gasteiger partial charge in [-0.25, -0.2) is 0 Å². The minimum Gasteiger partial charge on any atom is -0.496 e. The first-order chi connectivity index (χ1) is 16.4. The molecule has 0 radical (unpaired) electrons. The zero-order chi connectivity index (χ0) is 24.7. The molecule has 0 spiro atoms. The molecule has 178 valence electrons. The molecule has 34 heavy (non-hydrogen) atoms. The van der Waals surface area contributed by atoms with Gasteiger partial charge in [0.15, 0.2) is 0 Å². The second kappa shape index (κ2) is 11.3. The molecule has 2 aromatic carbocycles. The van der Waals surface area contributed by atoms with Crippen molar-refractivity contribution in [2.24, 2.45) is 0 Å². The number of rotatable bonds is 10. The zero-order valence-corrected chi connectivity index (χ0v) is 20.1. The molecular formula is C26H29N3O5. The standard InChI is InChI=1S/C26H29N3O5/c1-6-17(14-23(30)32-7-2)20-9-8-10-21(24(20)31-5)25-28-26(34-29-25)18-11-12-22(33-16(3)4)19(13-18)15-27/h8-13,16-17H,6-7,14H2,1-5H3. The Kier molecular flexibility index (Phi) is 8.25. The molecular weight excluding hydrogens is 434 g/mol. The fourth-order valence-electron chi connectivity index (χ4n) is 3.73. The summed E-state index contributed by atoms with van der Waals surface area (Å²) >= 11 is 0. The second-order valence-electron chi connectivity index (χ2n) is 7.95. The van der Waals surface area contributed by atoms with Crippen LogP contribution in [0, 0.1) is 11.3 Å². The van der Waals surface area contributed by atoms with Gasteiger partial charge in [0.2, 0.25) is 5.82 Å². The summed E-state index contributed by atoms with van der Waals surface area (Å²) in [4.78, 5) is 16.6. The average Bonchev–Trinajstić information content (AvgIpc) is 3.32. The predicted molar refractivity (Wildman–Crippen MR) is 126 cm³/mol. The SMILES string of the molecule is CCOC(=O)CC(CC)c1cccc(-c2noc(-c3ccc(OC(C)C)c(C#N)c3)n2)c1OC. The monoisotopic (exact) mass is 463 g/mol. The second-order valence-corrected chi connectivity index (χ2v) is 7.95. The van der Waals surface area contributed by atoms with Gasteiger partial charge in [-0.2, -0.15) is 10.2 Å². The largest absolute Gasteiger partial charge is 0.496 e. The Morgan fingerprint density at radius 1 is 1.21 bits per heavy atom. The Bertz CT molecular complexity index is 1180. The van der Waals surface area contributed by atoms with Gasteiger partial charge in [0.25, 0.3) is 5.89 Å². The van der Waals surface area contributed by atoms with E-state index in [1.807, 2.05) is 39.0 Å². The van der Waals surface area contributed by atoms with Gasteiger partial charge < -0.3 is 18.7 Å². The number of carbonyl (C=O) groups excluding carboxylic acids is 1. The first-order valence-corrected chi connectivity index (χ1v) is 11.3. The van der Waals surface area contributed by atoms with Gasteiger partial charge in [-0.15, -0.1) is 0 Å². The summed E-state index contributed by atoms with van der Waals surface area (Å²) in [6, 6.07) is 13.0. The van der Waals surface area contributed by atoms with Crippen molar-refractivity contribution in [2.45, 2.75) is 52.6 Å². The lowest BCUT2D eigenvalue weighted by molar-refractivity contribution is -0.143. The molecule has 1 atom stereocenters.